The van der Waals surface area contributed by atoms with Crippen molar-refractivity contribution in [1.29, 1.82) is 0 Å². The van der Waals surface area contributed by atoms with Gasteiger partial charge in [0.15, 0.2) is 0 Å². The highest BCUT2D eigenvalue weighted by Crippen LogP contribution is 2.29. The standard InChI is InChI=1S/C20H17BrClN3O3/c1-11-4-6-13(10-16(11)22)25-19(27)14(18(26)23-20(25)28)8-12-5-7-17(24(2)3)15(21)9-12/h4-10H,1-3H3,(H,23,26,28)/b14-8-. The van der Waals surface area contributed by atoms with Gasteiger partial charge in [-0.25, -0.2) is 9.69 Å². The second-order valence-electron chi connectivity index (χ2n) is 6.50. The van der Waals surface area contributed by atoms with E-state index in [4.69, 9.17) is 11.6 Å². The minimum absolute atomic E-state index is 0.138. The normalized spacial score (nSPS) is 15.8. The van der Waals surface area contributed by atoms with Gasteiger partial charge in [0, 0.05) is 23.6 Å². The molecule has 6 nitrogen and oxygen atoms in total. The molecule has 8 heteroatoms. The summed E-state index contributed by atoms with van der Waals surface area (Å²) in [7, 11) is 3.82. The van der Waals surface area contributed by atoms with Crippen LogP contribution >= 0.6 is 27.5 Å². The number of carbonyl (C=O) groups excluding carboxylic acids is 3. The van der Waals surface area contributed by atoms with Crippen LogP contribution in [0.25, 0.3) is 6.08 Å². The highest BCUT2D eigenvalue weighted by Gasteiger charge is 2.37. The molecule has 28 heavy (non-hydrogen) atoms. The number of benzene rings is 2. The molecule has 1 aliphatic heterocycles. The maximum Gasteiger partial charge on any atom is 0.335 e. The van der Waals surface area contributed by atoms with Crippen molar-refractivity contribution in [3.05, 3.63) is 62.6 Å². The zero-order valence-corrected chi connectivity index (χ0v) is 17.8. The molecule has 2 aromatic rings. The highest BCUT2D eigenvalue weighted by molar-refractivity contribution is 9.10. The van der Waals surface area contributed by atoms with Crippen LogP contribution in [0, 0.1) is 6.92 Å². The Morgan fingerprint density at radius 1 is 1.11 bits per heavy atom. The Morgan fingerprint density at radius 3 is 2.43 bits per heavy atom. The van der Waals surface area contributed by atoms with Gasteiger partial charge in [-0.2, -0.15) is 0 Å². The van der Waals surface area contributed by atoms with Crippen LogP contribution in [0.1, 0.15) is 11.1 Å². The highest BCUT2D eigenvalue weighted by atomic mass is 79.9. The Kier molecular flexibility index (Phi) is 5.58. The fourth-order valence-corrected chi connectivity index (χ4v) is 3.68. The van der Waals surface area contributed by atoms with Gasteiger partial charge in [-0.3, -0.25) is 14.9 Å². The smallest absolute Gasteiger partial charge is 0.335 e. The van der Waals surface area contributed by atoms with Gasteiger partial charge in [0.1, 0.15) is 5.57 Å². The molecule has 1 aliphatic rings. The number of carbonyl (C=O) groups is 3. The first-order valence-corrected chi connectivity index (χ1v) is 9.50. The van der Waals surface area contributed by atoms with Gasteiger partial charge in [0.05, 0.1) is 11.4 Å². The molecule has 0 aliphatic carbocycles. The number of nitrogens with zero attached hydrogens (tertiary/aromatic N) is 2. The number of imide groups is 2. The quantitative estimate of drug-likeness (QED) is 0.550. The van der Waals surface area contributed by atoms with Crippen LogP contribution in [0.15, 0.2) is 46.4 Å². The molecule has 1 saturated heterocycles. The zero-order valence-electron chi connectivity index (χ0n) is 15.4. The second-order valence-corrected chi connectivity index (χ2v) is 7.76. The molecule has 0 saturated carbocycles. The van der Waals surface area contributed by atoms with Gasteiger partial charge in [-0.15, -0.1) is 0 Å². The van der Waals surface area contributed by atoms with Crippen molar-refractivity contribution in [2.45, 2.75) is 6.92 Å². The molecule has 1 N–H and O–H groups in total. The largest absolute Gasteiger partial charge is 0.377 e. The number of anilines is 2. The minimum Gasteiger partial charge on any atom is -0.377 e. The van der Waals surface area contributed by atoms with Crippen LogP contribution in [-0.4, -0.2) is 31.9 Å². The van der Waals surface area contributed by atoms with Gasteiger partial charge in [0.2, 0.25) is 0 Å². The maximum atomic E-state index is 12.9. The Morgan fingerprint density at radius 2 is 1.82 bits per heavy atom. The lowest BCUT2D eigenvalue weighted by molar-refractivity contribution is -0.122. The minimum atomic E-state index is -0.809. The van der Waals surface area contributed by atoms with Gasteiger partial charge in [0.25, 0.3) is 11.8 Å². The summed E-state index contributed by atoms with van der Waals surface area (Å²) >= 11 is 9.60. The summed E-state index contributed by atoms with van der Waals surface area (Å²) in [6.45, 7) is 1.81. The van der Waals surface area contributed by atoms with Crippen molar-refractivity contribution in [2.75, 3.05) is 23.9 Å². The molecule has 3 rings (SSSR count). The first kappa shape index (κ1) is 20.1. The summed E-state index contributed by atoms with van der Waals surface area (Å²) in [5.41, 5.74) is 2.56. The van der Waals surface area contributed by atoms with Crippen LogP contribution in [0.5, 0.6) is 0 Å². The van der Waals surface area contributed by atoms with Gasteiger partial charge >= 0.3 is 6.03 Å². The summed E-state index contributed by atoms with van der Waals surface area (Å²) in [6.07, 6.45) is 1.46. The van der Waals surface area contributed by atoms with E-state index < -0.39 is 17.8 Å². The third-order valence-corrected chi connectivity index (χ3v) is 5.32. The van der Waals surface area contributed by atoms with E-state index in [1.165, 1.54) is 12.1 Å². The van der Waals surface area contributed by atoms with E-state index in [0.717, 1.165) is 20.6 Å². The van der Waals surface area contributed by atoms with Gasteiger partial charge in [-0.05, 0) is 64.3 Å². The molecule has 0 unspecified atom stereocenters. The molecule has 4 amide bonds. The van der Waals surface area contributed by atoms with Crippen molar-refractivity contribution in [3.63, 3.8) is 0 Å². The second kappa shape index (κ2) is 7.77. The van der Waals surface area contributed by atoms with Crippen molar-refractivity contribution in [3.8, 4) is 0 Å². The number of barbiturate groups is 1. The predicted octanol–water partition coefficient (Wildman–Crippen LogP) is 4.14. The molecule has 0 bridgehead atoms. The summed E-state index contributed by atoms with van der Waals surface area (Å²) < 4.78 is 0.814. The van der Waals surface area contributed by atoms with Crippen molar-refractivity contribution >= 4 is 62.8 Å². The predicted molar refractivity (Wildman–Crippen MR) is 114 cm³/mol. The van der Waals surface area contributed by atoms with E-state index >= 15 is 0 Å². The fourth-order valence-electron chi connectivity index (χ4n) is 2.76. The van der Waals surface area contributed by atoms with Gasteiger partial charge in [-0.1, -0.05) is 23.7 Å². The average molecular weight is 463 g/mol. The number of halogens is 2. The molecule has 0 radical (unpaired) electrons. The number of hydrogen-bond donors (Lipinski definition) is 1. The van der Waals surface area contributed by atoms with E-state index in [0.29, 0.717) is 16.3 Å². The summed E-state index contributed by atoms with van der Waals surface area (Å²) in [4.78, 5) is 40.3. The summed E-state index contributed by atoms with van der Waals surface area (Å²) in [5, 5.41) is 2.62. The number of aryl methyl sites for hydroxylation is 1. The fraction of sp³-hybridized carbons (Fsp3) is 0.150. The molecule has 0 atom stereocenters. The third kappa shape index (κ3) is 3.81. The maximum absolute atomic E-state index is 12.9. The Balaban J connectivity index is 2.01. The number of rotatable bonds is 3. The average Bonchev–Trinajstić information content (AvgIpc) is 2.61. The molecule has 1 heterocycles. The summed E-state index contributed by atoms with van der Waals surface area (Å²) in [6, 6.07) is 9.47. The van der Waals surface area contributed by atoms with Crippen LogP contribution in [0.3, 0.4) is 0 Å². The Labute approximate surface area is 175 Å². The Hall–Kier alpha value is -2.64. The van der Waals surface area contributed by atoms with Crippen LogP contribution < -0.4 is 15.1 Å². The molecule has 2 aromatic carbocycles. The van der Waals surface area contributed by atoms with Crippen LogP contribution in [0.4, 0.5) is 16.2 Å². The van der Waals surface area contributed by atoms with Gasteiger partial charge < -0.3 is 4.90 Å². The van der Waals surface area contributed by atoms with Crippen LogP contribution in [-0.2, 0) is 9.59 Å². The Bertz CT molecular complexity index is 1030. The van der Waals surface area contributed by atoms with E-state index in [2.05, 4.69) is 21.2 Å². The van der Waals surface area contributed by atoms with E-state index in [9.17, 15) is 14.4 Å². The van der Waals surface area contributed by atoms with E-state index in [1.54, 1.807) is 24.3 Å². The number of hydrogen-bond acceptors (Lipinski definition) is 4. The SMILES string of the molecule is Cc1ccc(N2C(=O)NC(=O)/C(=C/c3ccc(N(C)C)c(Br)c3)C2=O)cc1Cl. The van der Waals surface area contributed by atoms with Crippen molar-refractivity contribution < 1.29 is 14.4 Å². The zero-order chi connectivity index (χ0) is 20.6. The summed E-state index contributed by atoms with van der Waals surface area (Å²) in [5.74, 6) is -1.45. The van der Waals surface area contributed by atoms with E-state index in [1.807, 2.05) is 32.0 Å². The number of nitrogens with one attached hydrogen (secondary N) is 1. The lowest BCUT2D eigenvalue weighted by Crippen LogP contribution is -2.54. The first-order valence-electron chi connectivity index (χ1n) is 8.33. The third-order valence-electron chi connectivity index (χ3n) is 4.28. The molecule has 1 fully saturated rings. The van der Waals surface area contributed by atoms with E-state index in [-0.39, 0.29) is 5.57 Å². The monoisotopic (exact) mass is 461 g/mol. The topological polar surface area (TPSA) is 69.7 Å². The lowest BCUT2D eigenvalue weighted by atomic mass is 10.1. The molecule has 0 aromatic heterocycles. The van der Waals surface area contributed by atoms with Crippen LogP contribution in [0.2, 0.25) is 5.02 Å². The first-order chi connectivity index (χ1) is 13.2. The molecule has 144 valence electrons. The number of amides is 4. The van der Waals surface area contributed by atoms with Crippen molar-refractivity contribution in [2.24, 2.45) is 0 Å². The molecular weight excluding hydrogens is 446 g/mol. The number of urea groups is 1. The lowest BCUT2D eigenvalue weighted by Gasteiger charge is -2.26. The molecule has 0 spiro atoms. The molecular formula is C20H17BrClN3O3. The van der Waals surface area contributed by atoms with Crippen molar-refractivity contribution in [1.82, 2.24) is 5.32 Å².